The molecule has 7 nitrogen and oxygen atoms in total. The third-order valence-electron chi connectivity index (χ3n) is 6.42. The van der Waals surface area contributed by atoms with Gasteiger partial charge < -0.3 is 20.5 Å². The molecule has 0 bridgehead atoms. The van der Waals surface area contributed by atoms with Crippen LogP contribution in [-0.4, -0.2) is 45.9 Å². The number of anilines is 2. The van der Waals surface area contributed by atoms with Crippen LogP contribution in [0.3, 0.4) is 0 Å². The van der Waals surface area contributed by atoms with Gasteiger partial charge in [0.25, 0.3) is 0 Å². The fourth-order valence-electron chi connectivity index (χ4n) is 4.15. The summed E-state index contributed by atoms with van der Waals surface area (Å²) in [6.07, 6.45) is 6.11. The van der Waals surface area contributed by atoms with Crippen molar-refractivity contribution in [1.82, 2.24) is 15.0 Å². The van der Waals surface area contributed by atoms with Crippen LogP contribution < -0.4 is 15.4 Å². The summed E-state index contributed by atoms with van der Waals surface area (Å²) in [5.74, 6) is 3.25. The highest BCUT2D eigenvalue weighted by atomic mass is 16.5. The maximum Gasteiger partial charge on any atom is 0.129 e. The molecule has 3 N–H and O–H groups in total. The van der Waals surface area contributed by atoms with Crippen molar-refractivity contribution >= 4 is 11.6 Å². The molecule has 0 radical (unpaired) electrons. The zero-order valence-electron chi connectivity index (χ0n) is 19.6. The molecule has 1 fully saturated rings. The van der Waals surface area contributed by atoms with Gasteiger partial charge in [-0.25, -0.2) is 15.0 Å². The van der Waals surface area contributed by atoms with Gasteiger partial charge in [0, 0.05) is 30.9 Å². The Hall–Kier alpha value is -3.19. The Kier molecular flexibility index (Phi) is 7.08. The molecule has 0 aliphatic heterocycles. The average Bonchev–Trinajstić information content (AvgIpc) is 3.60. The molecule has 2 atom stereocenters. The van der Waals surface area contributed by atoms with Crippen molar-refractivity contribution in [3.8, 4) is 17.0 Å². The summed E-state index contributed by atoms with van der Waals surface area (Å²) < 4.78 is 5.59. The fraction of sp³-hybridized carbons (Fsp3) is 0.423. The van der Waals surface area contributed by atoms with Crippen molar-refractivity contribution in [2.45, 2.75) is 44.6 Å². The average molecular weight is 448 g/mol. The van der Waals surface area contributed by atoms with E-state index in [-0.39, 0.29) is 0 Å². The molecule has 4 rings (SSSR count). The summed E-state index contributed by atoms with van der Waals surface area (Å²) in [7, 11) is 1.73. The summed E-state index contributed by atoms with van der Waals surface area (Å²) in [4.78, 5) is 13.3. The molecule has 2 unspecified atom stereocenters. The highest BCUT2D eigenvalue weighted by molar-refractivity contribution is 5.62. The molecule has 2 aromatic heterocycles. The van der Waals surface area contributed by atoms with Gasteiger partial charge in [-0.2, -0.15) is 0 Å². The minimum absolute atomic E-state index is 0.382. The zero-order valence-corrected chi connectivity index (χ0v) is 19.6. The van der Waals surface area contributed by atoms with Crippen molar-refractivity contribution in [3.05, 3.63) is 60.6 Å². The molecule has 1 aromatic carbocycles. The van der Waals surface area contributed by atoms with Gasteiger partial charge >= 0.3 is 0 Å². The minimum Gasteiger partial charge on any atom is -0.496 e. The smallest absolute Gasteiger partial charge is 0.129 e. The van der Waals surface area contributed by atoms with Crippen LogP contribution in [0.2, 0.25) is 0 Å². The van der Waals surface area contributed by atoms with E-state index in [1.54, 1.807) is 19.6 Å². The number of hydrogen-bond acceptors (Lipinski definition) is 7. The molecule has 7 heteroatoms. The SMILES string of the molecule is CCC(c1ccccc1OC)C(C)CNc1cc(-c2ccc(NCC3(O)CC3)nc2)ncn1. The molecule has 0 amide bonds. The number of aromatic nitrogens is 3. The van der Waals surface area contributed by atoms with Crippen molar-refractivity contribution in [2.75, 3.05) is 30.8 Å². The fourth-order valence-corrected chi connectivity index (χ4v) is 4.15. The number of aliphatic hydroxyl groups is 1. The molecule has 2 heterocycles. The van der Waals surface area contributed by atoms with Gasteiger partial charge in [-0.3, -0.25) is 0 Å². The number of ether oxygens (including phenoxy) is 1. The molecule has 174 valence electrons. The van der Waals surface area contributed by atoms with Gasteiger partial charge in [0.05, 0.1) is 18.4 Å². The quantitative estimate of drug-likeness (QED) is 0.391. The lowest BCUT2D eigenvalue weighted by Crippen LogP contribution is -2.20. The summed E-state index contributed by atoms with van der Waals surface area (Å²) in [5, 5.41) is 16.6. The lowest BCUT2D eigenvalue weighted by Gasteiger charge is -2.25. The van der Waals surface area contributed by atoms with Crippen LogP contribution in [-0.2, 0) is 0 Å². The Morgan fingerprint density at radius 1 is 1.06 bits per heavy atom. The highest BCUT2D eigenvalue weighted by Gasteiger charge is 2.39. The first-order chi connectivity index (χ1) is 16.0. The number of nitrogens with zero attached hydrogens (tertiary/aromatic N) is 3. The Bertz CT molecular complexity index is 1050. The predicted molar refractivity (Wildman–Crippen MR) is 132 cm³/mol. The van der Waals surface area contributed by atoms with Crippen LogP contribution in [0.25, 0.3) is 11.3 Å². The Balaban J connectivity index is 1.38. The second-order valence-electron chi connectivity index (χ2n) is 8.91. The predicted octanol–water partition coefficient (Wildman–Crippen LogP) is 4.73. The molecule has 3 aromatic rings. The first-order valence-electron chi connectivity index (χ1n) is 11.6. The Morgan fingerprint density at radius 3 is 2.58 bits per heavy atom. The van der Waals surface area contributed by atoms with E-state index in [0.717, 1.165) is 54.4 Å². The molecule has 33 heavy (non-hydrogen) atoms. The standard InChI is InChI=1S/C26H33N5O2/c1-4-20(21-7-5-6-8-23(21)33-3)18(2)14-27-25-13-22(30-17-31-25)19-9-10-24(28-15-19)29-16-26(32)11-12-26/h5-10,13,15,17-18,20,32H,4,11-12,14,16H2,1-3H3,(H,28,29)(H,27,30,31). The summed E-state index contributed by atoms with van der Waals surface area (Å²) in [6, 6.07) is 14.1. The summed E-state index contributed by atoms with van der Waals surface area (Å²) >= 11 is 0. The van der Waals surface area contributed by atoms with Crippen LogP contribution in [0.5, 0.6) is 5.75 Å². The van der Waals surface area contributed by atoms with Gasteiger partial charge in [-0.15, -0.1) is 0 Å². The number of methoxy groups -OCH3 is 1. The van der Waals surface area contributed by atoms with E-state index in [1.165, 1.54) is 5.56 Å². The van der Waals surface area contributed by atoms with Crippen LogP contribution in [0, 0.1) is 5.92 Å². The monoisotopic (exact) mass is 447 g/mol. The lowest BCUT2D eigenvalue weighted by atomic mass is 9.84. The van der Waals surface area contributed by atoms with Gasteiger partial charge in [0.15, 0.2) is 0 Å². The zero-order chi connectivity index (χ0) is 23.3. The van der Waals surface area contributed by atoms with E-state index < -0.39 is 5.60 Å². The van der Waals surface area contributed by atoms with Crippen LogP contribution >= 0.6 is 0 Å². The maximum absolute atomic E-state index is 9.96. The van der Waals surface area contributed by atoms with E-state index in [9.17, 15) is 5.11 Å². The van der Waals surface area contributed by atoms with Crippen molar-refractivity contribution in [1.29, 1.82) is 0 Å². The Labute approximate surface area is 195 Å². The molecule has 1 aliphatic carbocycles. The minimum atomic E-state index is -0.548. The van der Waals surface area contributed by atoms with Crippen molar-refractivity contribution in [2.24, 2.45) is 5.92 Å². The summed E-state index contributed by atoms with van der Waals surface area (Å²) in [6.45, 7) is 5.79. The number of hydrogen-bond donors (Lipinski definition) is 3. The number of rotatable bonds is 11. The van der Waals surface area contributed by atoms with E-state index >= 15 is 0 Å². The van der Waals surface area contributed by atoms with Crippen LogP contribution in [0.15, 0.2) is 55.0 Å². The van der Waals surface area contributed by atoms with Gasteiger partial charge in [-0.1, -0.05) is 32.0 Å². The normalized spacial score (nSPS) is 16.0. The van der Waals surface area contributed by atoms with Crippen molar-refractivity contribution < 1.29 is 9.84 Å². The van der Waals surface area contributed by atoms with E-state index in [4.69, 9.17) is 4.74 Å². The molecule has 1 aliphatic rings. The largest absolute Gasteiger partial charge is 0.496 e. The first-order valence-corrected chi connectivity index (χ1v) is 11.6. The van der Waals surface area contributed by atoms with Gasteiger partial charge in [-0.05, 0) is 54.9 Å². The second-order valence-corrected chi connectivity index (χ2v) is 8.91. The third kappa shape index (κ3) is 5.79. The topological polar surface area (TPSA) is 92.2 Å². The number of para-hydroxylation sites is 1. The number of pyridine rings is 1. The van der Waals surface area contributed by atoms with E-state index in [1.807, 2.05) is 30.3 Å². The molecule has 0 spiro atoms. The molecule has 1 saturated carbocycles. The van der Waals surface area contributed by atoms with Crippen LogP contribution in [0.4, 0.5) is 11.6 Å². The molecular weight excluding hydrogens is 414 g/mol. The highest BCUT2D eigenvalue weighted by Crippen LogP contribution is 2.35. The van der Waals surface area contributed by atoms with Gasteiger partial charge in [0.2, 0.25) is 0 Å². The lowest BCUT2D eigenvalue weighted by molar-refractivity contribution is 0.164. The maximum atomic E-state index is 9.96. The number of nitrogens with one attached hydrogen (secondary N) is 2. The van der Waals surface area contributed by atoms with Crippen LogP contribution in [0.1, 0.15) is 44.6 Å². The van der Waals surface area contributed by atoms with E-state index in [0.29, 0.717) is 18.4 Å². The first kappa shape index (κ1) is 23.0. The Morgan fingerprint density at radius 2 is 1.88 bits per heavy atom. The van der Waals surface area contributed by atoms with Gasteiger partial charge in [0.1, 0.15) is 23.7 Å². The van der Waals surface area contributed by atoms with E-state index in [2.05, 4.69) is 51.6 Å². The third-order valence-corrected chi connectivity index (χ3v) is 6.42. The molecular formula is C26H33N5O2. The second kappa shape index (κ2) is 10.2. The molecule has 0 saturated heterocycles. The van der Waals surface area contributed by atoms with Crippen molar-refractivity contribution in [3.63, 3.8) is 0 Å². The number of benzene rings is 1. The summed E-state index contributed by atoms with van der Waals surface area (Å²) in [5.41, 5.74) is 2.43.